The maximum absolute atomic E-state index is 11.4. The van der Waals surface area contributed by atoms with Crippen molar-refractivity contribution in [1.82, 2.24) is 5.32 Å². The van der Waals surface area contributed by atoms with Gasteiger partial charge in [-0.15, -0.1) is 0 Å². The SMILES string of the molecule is Cc1cc([C@H](C)NCCc2ccc(S(C)(=O)=O)cc2)oc1C. The molecule has 1 atom stereocenters. The molecule has 2 rings (SSSR count). The Morgan fingerprint density at radius 1 is 1.18 bits per heavy atom. The molecule has 0 bridgehead atoms. The Bertz CT molecular complexity index is 710. The second-order valence-corrected chi connectivity index (χ2v) is 7.75. The van der Waals surface area contributed by atoms with Crippen LogP contribution in [0.2, 0.25) is 0 Å². The van der Waals surface area contributed by atoms with Crippen molar-refractivity contribution < 1.29 is 12.8 Å². The van der Waals surface area contributed by atoms with E-state index in [0.29, 0.717) is 4.90 Å². The van der Waals surface area contributed by atoms with Crippen molar-refractivity contribution >= 4 is 9.84 Å². The van der Waals surface area contributed by atoms with Crippen LogP contribution in [0, 0.1) is 13.8 Å². The summed E-state index contributed by atoms with van der Waals surface area (Å²) in [6.45, 7) is 6.88. The van der Waals surface area contributed by atoms with E-state index in [1.165, 1.54) is 11.8 Å². The number of aryl methyl sites for hydroxylation is 2. The van der Waals surface area contributed by atoms with Crippen LogP contribution in [0.4, 0.5) is 0 Å². The predicted molar refractivity (Wildman–Crippen MR) is 87.9 cm³/mol. The average molecular weight is 321 g/mol. The number of sulfone groups is 1. The third-order valence-electron chi connectivity index (χ3n) is 3.83. The summed E-state index contributed by atoms with van der Waals surface area (Å²) in [6, 6.07) is 9.27. The molecule has 0 unspecified atom stereocenters. The van der Waals surface area contributed by atoms with Gasteiger partial charge in [-0.1, -0.05) is 12.1 Å². The second kappa shape index (κ2) is 6.67. The van der Waals surface area contributed by atoms with Crippen LogP contribution in [-0.2, 0) is 16.3 Å². The molecule has 22 heavy (non-hydrogen) atoms. The van der Waals surface area contributed by atoms with Gasteiger partial charge < -0.3 is 9.73 Å². The highest BCUT2D eigenvalue weighted by Gasteiger charge is 2.11. The first-order chi connectivity index (χ1) is 10.3. The lowest BCUT2D eigenvalue weighted by Crippen LogP contribution is -2.21. The van der Waals surface area contributed by atoms with Crippen LogP contribution in [0.1, 0.15) is 35.6 Å². The quantitative estimate of drug-likeness (QED) is 0.887. The van der Waals surface area contributed by atoms with Crippen LogP contribution in [0.3, 0.4) is 0 Å². The van der Waals surface area contributed by atoms with Gasteiger partial charge in [0.25, 0.3) is 0 Å². The van der Waals surface area contributed by atoms with Crippen molar-refractivity contribution in [2.75, 3.05) is 12.8 Å². The highest BCUT2D eigenvalue weighted by Crippen LogP contribution is 2.19. The molecule has 1 aromatic carbocycles. The minimum Gasteiger partial charge on any atom is -0.464 e. The molecule has 4 nitrogen and oxygen atoms in total. The highest BCUT2D eigenvalue weighted by atomic mass is 32.2. The number of benzene rings is 1. The lowest BCUT2D eigenvalue weighted by Gasteiger charge is -2.11. The minimum atomic E-state index is -3.12. The van der Waals surface area contributed by atoms with Gasteiger partial charge in [0.15, 0.2) is 9.84 Å². The van der Waals surface area contributed by atoms with Gasteiger partial charge in [-0.25, -0.2) is 8.42 Å². The first kappa shape index (κ1) is 16.8. The summed E-state index contributed by atoms with van der Waals surface area (Å²) in [7, 11) is -3.12. The zero-order chi connectivity index (χ0) is 16.3. The molecule has 0 saturated heterocycles. The third kappa shape index (κ3) is 4.21. The molecule has 1 aromatic heterocycles. The van der Waals surface area contributed by atoms with Crippen molar-refractivity contribution in [1.29, 1.82) is 0 Å². The Morgan fingerprint density at radius 2 is 1.82 bits per heavy atom. The molecule has 0 aliphatic heterocycles. The smallest absolute Gasteiger partial charge is 0.175 e. The summed E-state index contributed by atoms with van der Waals surface area (Å²) < 4.78 is 28.5. The first-order valence-corrected chi connectivity index (χ1v) is 9.26. The summed E-state index contributed by atoms with van der Waals surface area (Å²) in [5, 5.41) is 3.42. The van der Waals surface area contributed by atoms with E-state index in [4.69, 9.17) is 4.42 Å². The lowest BCUT2D eigenvalue weighted by atomic mass is 10.1. The van der Waals surface area contributed by atoms with E-state index in [9.17, 15) is 8.42 Å². The number of hydrogen-bond donors (Lipinski definition) is 1. The van der Waals surface area contributed by atoms with Crippen LogP contribution in [-0.4, -0.2) is 21.2 Å². The van der Waals surface area contributed by atoms with Gasteiger partial charge in [0.05, 0.1) is 10.9 Å². The number of furan rings is 1. The maximum atomic E-state index is 11.4. The van der Waals surface area contributed by atoms with E-state index in [1.54, 1.807) is 12.1 Å². The van der Waals surface area contributed by atoms with Crippen molar-refractivity contribution in [3.63, 3.8) is 0 Å². The standard InChI is InChI=1S/C17H23NO3S/c1-12-11-17(21-14(12)3)13(2)18-10-9-15-5-7-16(8-6-15)22(4,19)20/h5-8,11,13,18H,9-10H2,1-4H3/t13-/m0/s1. The maximum Gasteiger partial charge on any atom is 0.175 e. The molecule has 1 N–H and O–H groups in total. The summed E-state index contributed by atoms with van der Waals surface area (Å²) in [5.41, 5.74) is 2.28. The Kier molecular flexibility index (Phi) is 5.08. The van der Waals surface area contributed by atoms with Gasteiger partial charge in [-0.3, -0.25) is 0 Å². The van der Waals surface area contributed by atoms with Gasteiger partial charge in [0.1, 0.15) is 11.5 Å². The Labute approximate surface area is 132 Å². The fourth-order valence-electron chi connectivity index (χ4n) is 2.25. The van der Waals surface area contributed by atoms with E-state index in [0.717, 1.165) is 30.0 Å². The van der Waals surface area contributed by atoms with Gasteiger partial charge in [0.2, 0.25) is 0 Å². The normalized spacial score (nSPS) is 13.3. The Hall–Kier alpha value is -1.59. The fraction of sp³-hybridized carbons (Fsp3) is 0.412. The van der Waals surface area contributed by atoms with Crippen molar-refractivity contribution in [3.8, 4) is 0 Å². The highest BCUT2D eigenvalue weighted by molar-refractivity contribution is 7.90. The predicted octanol–water partition coefficient (Wildman–Crippen LogP) is 3.19. The number of nitrogens with one attached hydrogen (secondary N) is 1. The molecule has 0 fully saturated rings. The number of rotatable bonds is 6. The first-order valence-electron chi connectivity index (χ1n) is 7.36. The van der Waals surface area contributed by atoms with Gasteiger partial charge in [-0.2, -0.15) is 0 Å². The van der Waals surface area contributed by atoms with Gasteiger partial charge in [-0.05, 0) is 63.1 Å². The molecule has 5 heteroatoms. The lowest BCUT2D eigenvalue weighted by molar-refractivity contribution is 0.417. The summed E-state index contributed by atoms with van der Waals surface area (Å²) in [4.78, 5) is 0.360. The molecule has 120 valence electrons. The van der Waals surface area contributed by atoms with Crippen molar-refractivity contribution in [2.24, 2.45) is 0 Å². The fourth-order valence-corrected chi connectivity index (χ4v) is 2.88. The second-order valence-electron chi connectivity index (χ2n) is 5.73. The molecule has 1 heterocycles. The topological polar surface area (TPSA) is 59.3 Å². The number of hydrogen-bond acceptors (Lipinski definition) is 4. The van der Waals surface area contributed by atoms with E-state index < -0.39 is 9.84 Å². The van der Waals surface area contributed by atoms with Gasteiger partial charge in [0, 0.05) is 6.26 Å². The molecular formula is C17H23NO3S. The summed E-state index contributed by atoms with van der Waals surface area (Å²) >= 11 is 0. The van der Waals surface area contributed by atoms with Crippen LogP contribution in [0.5, 0.6) is 0 Å². The zero-order valence-corrected chi connectivity index (χ0v) is 14.3. The molecule has 0 radical (unpaired) electrons. The summed E-state index contributed by atoms with van der Waals surface area (Å²) in [6.07, 6.45) is 2.06. The minimum absolute atomic E-state index is 0.155. The molecule has 0 aliphatic carbocycles. The monoisotopic (exact) mass is 321 g/mol. The molecule has 0 spiro atoms. The Morgan fingerprint density at radius 3 is 2.32 bits per heavy atom. The van der Waals surface area contributed by atoms with E-state index in [1.807, 2.05) is 26.0 Å². The third-order valence-corrected chi connectivity index (χ3v) is 4.96. The Balaban J connectivity index is 1.88. The molecular weight excluding hydrogens is 298 g/mol. The van der Waals surface area contributed by atoms with Gasteiger partial charge >= 0.3 is 0 Å². The molecule has 0 amide bonds. The largest absolute Gasteiger partial charge is 0.464 e. The molecule has 0 aliphatic rings. The molecule has 0 saturated carbocycles. The molecule has 2 aromatic rings. The zero-order valence-electron chi connectivity index (χ0n) is 13.5. The summed E-state index contributed by atoms with van der Waals surface area (Å²) in [5.74, 6) is 1.91. The van der Waals surface area contributed by atoms with E-state index in [2.05, 4.69) is 18.3 Å². The van der Waals surface area contributed by atoms with Crippen LogP contribution >= 0.6 is 0 Å². The average Bonchev–Trinajstić information content (AvgIpc) is 2.78. The van der Waals surface area contributed by atoms with Crippen LogP contribution < -0.4 is 5.32 Å². The van der Waals surface area contributed by atoms with Crippen molar-refractivity contribution in [2.45, 2.75) is 38.1 Å². The van der Waals surface area contributed by atoms with Crippen LogP contribution in [0.25, 0.3) is 0 Å². The van der Waals surface area contributed by atoms with E-state index >= 15 is 0 Å². The van der Waals surface area contributed by atoms with Crippen molar-refractivity contribution in [3.05, 3.63) is 53.0 Å². The van der Waals surface area contributed by atoms with Crippen LogP contribution in [0.15, 0.2) is 39.6 Å². The van der Waals surface area contributed by atoms with E-state index in [-0.39, 0.29) is 6.04 Å².